The smallest absolute Gasteiger partial charge is 0.250 e. The summed E-state index contributed by atoms with van der Waals surface area (Å²) < 4.78 is 5.66. The van der Waals surface area contributed by atoms with Gasteiger partial charge in [0.15, 0.2) is 0 Å². The summed E-state index contributed by atoms with van der Waals surface area (Å²) in [5.74, 6) is 0.379. The second-order valence-electron chi connectivity index (χ2n) is 8.50. The summed E-state index contributed by atoms with van der Waals surface area (Å²) in [7, 11) is 3.19. The van der Waals surface area contributed by atoms with Crippen LogP contribution in [0.5, 0.6) is 0 Å². The number of aliphatic hydroxyl groups excluding tert-OH is 1. The van der Waals surface area contributed by atoms with Gasteiger partial charge in [-0.3, -0.25) is 20.0 Å². The van der Waals surface area contributed by atoms with Crippen molar-refractivity contribution in [3.05, 3.63) is 64.8 Å². The number of primary amides is 1. The van der Waals surface area contributed by atoms with Gasteiger partial charge in [-0.25, -0.2) is 0 Å². The van der Waals surface area contributed by atoms with E-state index in [1.807, 2.05) is 31.2 Å². The van der Waals surface area contributed by atoms with Crippen molar-refractivity contribution in [2.75, 3.05) is 38.8 Å². The number of methoxy groups -OCH3 is 1. The number of piperidine rings is 1. The number of nitrogens with two attached hydrogens (primary N) is 1. The first kappa shape index (κ1) is 24.8. The molecule has 0 aromatic heterocycles. The fraction of sp³-hybridized carbons (Fsp3) is 0.480. The van der Waals surface area contributed by atoms with E-state index in [1.165, 1.54) is 0 Å². The number of carbonyl (C=O) groups excluding carboxylic acids is 1. The highest BCUT2D eigenvalue weighted by molar-refractivity contribution is 5.99. The molecule has 2 aliphatic rings. The Balaban J connectivity index is 2.20. The van der Waals surface area contributed by atoms with Gasteiger partial charge >= 0.3 is 0 Å². The van der Waals surface area contributed by atoms with Crippen LogP contribution in [-0.4, -0.2) is 55.4 Å². The van der Waals surface area contributed by atoms with Crippen LogP contribution in [0.25, 0.3) is 0 Å². The third-order valence-electron chi connectivity index (χ3n) is 6.41. The summed E-state index contributed by atoms with van der Waals surface area (Å²) in [6.45, 7) is 5.47. The first-order valence-corrected chi connectivity index (χ1v) is 11.4. The highest BCUT2D eigenvalue weighted by Crippen LogP contribution is 2.39. The fourth-order valence-electron chi connectivity index (χ4n) is 4.43. The maximum atomic E-state index is 12.5. The van der Waals surface area contributed by atoms with Gasteiger partial charge in [-0.05, 0) is 43.9 Å². The number of para-hydroxylation sites is 1. The number of hydroxylamine groups is 1. The van der Waals surface area contributed by atoms with Crippen molar-refractivity contribution < 1.29 is 19.5 Å². The number of nitrogens with zero attached hydrogens (tertiary/aromatic N) is 2. The number of nitrogens with one attached hydrogen (secondary N) is 1. The molecule has 0 unspecified atom stereocenters. The number of hydrogen-bond donors (Lipinski definition) is 3. The second kappa shape index (κ2) is 10.9. The molecule has 3 rings (SSSR count). The second-order valence-corrected chi connectivity index (χ2v) is 8.50. The molecule has 1 aromatic rings. The molecule has 0 aliphatic carbocycles. The molecule has 1 aromatic carbocycles. The van der Waals surface area contributed by atoms with E-state index in [0.29, 0.717) is 37.2 Å². The molecule has 0 spiro atoms. The van der Waals surface area contributed by atoms with E-state index in [2.05, 4.69) is 28.3 Å². The van der Waals surface area contributed by atoms with Crippen molar-refractivity contribution in [1.29, 1.82) is 0 Å². The Bertz CT molecular complexity index is 939. The maximum absolute atomic E-state index is 12.5. The van der Waals surface area contributed by atoms with Gasteiger partial charge in [0.05, 0.1) is 36.3 Å². The number of aliphatic hydroxyl groups is 1. The topological polar surface area (TPSA) is 100 Å². The van der Waals surface area contributed by atoms with Crippen LogP contribution in [0.1, 0.15) is 38.2 Å². The lowest BCUT2D eigenvalue weighted by Gasteiger charge is -2.46. The lowest BCUT2D eigenvalue weighted by Crippen LogP contribution is -2.51. The zero-order chi connectivity index (χ0) is 24.0. The quantitative estimate of drug-likeness (QED) is 0.491. The molecule has 8 heteroatoms. The number of likely N-dealkylation sites (tertiary alicyclic amines) is 1. The monoisotopic (exact) mass is 456 g/mol. The molecule has 2 heterocycles. The molecule has 8 nitrogen and oxygen atoms in total. The van der Waals surface area contributed by atoms with E-state index in [9.17, 15) is 9.90 Å². The molecule has 2 aliphatic heterocycles. The summed E-state index contributed by atoms with van der Waals surface area (Å²) >= 11 is 0. The molecule has 1 fully saturated rings. The van der Waals surface area contributed by atoms with Crippen LogP contribution < -0.4 is 16.1 Å². The number of allylic oxidation sites excluding steroid dienone is 2. The summed E-state index contributed by atoms with van der Waals surface area (Å²) in [6, 6.07) is 8.07. The zero-order valence-corrected chi connectivity index (χ0v) is 20.1. The summed E-state index contributed by atoms with van der Waals surface area (Å²) in [6.07, 6.45) is 6.93. The van der Waals surface area contributed by atoms with Gasteiger partial charge in [0.1, 0.15) is 11.5 Å². The molecule has 33 heavy (non-hydrogen) atoms. The predicted molar refractivity (Wildman–Crippen MR) is 129 cm³/mol. The number of rotatable bonds is 9. The van der Waals surface area contributed by atoms with E-state index >= 15 is 0 Å². The van der Waals surface area contributed by atoms with E-state index in [-0.39, 0.29) is 6.61 Å². The number of ether oxygens (including phenoxy) is 1. The Labute approximate surface area is 196 Å². The van der Waals surface area contributed by atoms with Crippen molar-refractivity contribution in [3.8, 4) is 0 Å². The standard InChI is InChI=1S/C25H36N4O4/c1-5-6-10-22-19(23(26)31)16-20(27-33-4)24(29(22)21-11-8-7-9-18(21)2)28-14-12-25(17-30,32-3)13-15-28/h7-11,16,27,30H,5-6,12-15,17H2,1-4H3,(H2,26,31)/b22-10+. The third-order valence-corrected chi connectivity index (χ3v) is 6.41. The molecule has 180 valence electrons. The van der Waals surface area contributed by atoms with Gasteiger partial charge < -0.3 is 20.5 Å². The van der Waals surface area contributed by atoms with Gasteiger partial charge in [0.25, 0.3) is 5.91 Å². The summed E-state index contributed by atoms with van der Waals surface area (Å²) in [5, 5.41) is 9.91. The molecule has 0 saturated carbocycles. The number of aryl methyl sites for hydroxylation is 1. The third kappa shape index (κ3) is 5.08. The van der Waals surface area contributed by atoms with Crippen LogP contribution in [0.4, 0.5) is 5.69 Å². The van der Waals surface area contributed by atoms with Crippen molar-refractivity contribution in [2.24, 2.45) is 5.73 Å². The number of unbranched alkanes of at least 4 members (excludes halogenated alkanes) is 1. The van der Waals surface area contributed by atoms with Gasteiger partial charge in [-0.15, -0.1) is 0 Å². The minimum atomic E-state index is -0.539. The Morgan fingerprint density at radius 1 is 1.27 bits per heavy atom. The number of carbonyl (C=O) groups is 1. The fourth-order valence-corrected chi connectivity index (χ4v) is 4.43. The molecule has 4 N–H and O–H groups in total. The van der Waals surface area contributed by atoms with Crippen LogP contribution in [0.15, 0.2) is 59.2 Å². The van der Waals surface area contributed by atoms with E-state index < -0.39 is 11.5 Å². The van der Waals surface area contributed by atoms with Crippen molar-refractivity contribution in [1.82, 2.24) is 10.4 Å². The molecular weight excluding hydrogens is 420 g/mol. The maximum Gasteiger partial charge on any atom is 0.250 e. The van der Waals surface area contributed by atoms with Crippen molar-refractivity contribution >= 4 is 11.6 Å². The van der Waals surface area contributed by atoms with Crippen molar-refractivity contribution in [3.63, 3.8) is 0 Å². The number of benzene rings is 1. The first-order chi connectivity index (χ1) is 15.9. The summed E-state index contributed by atoms with van der Waals surface area (Å²) in [4.78, 5) is 22.2. The molecular formula is C25H36N4O4. The van der Waals surface area contributed by atoms with Crippen LogP contribution >= 0.6 is 0 Å². The van der Waals surface area contributed by atoms with Gasteiger partial charge in [-0.1, -0.05) is 37.6 Å². The number of hydrogen-bond acceptors (Lipinski definition) is 7. The van der Waals surface area contributed by atoms with Crippen LogP contribution in [-0.2, 0) is 14.4 Å². The molecule has 1 amide bonds. The molecule has 0 atom stereocenters. The average Bonchev–Trinajstić information content (AvgIpc) is 2.83. The predicted octanol–water partition coefficient (Wildman–Crippen LogP) is 2.70. The summed E-state index contributed by atoms with van der Waals surface area (Å²) in [5.41, 5.74) is 12.1. The minimum absolute atomic E-state index is 0.0194. The Morgan fingerprint density at radius 3 is 2.52 bits per heavy atom. The number of anilines is 1. The highest BCUT2D eigenvalue weighted by atomic mass is 16.6. The molecule has 0 bridgehead atoms. The van der Waals surface area contributed by atoms with Crippen LogP contribution in [0.2, 0.25) is 0 Å². The lowest BCUT2D eigenvalue weighted by atomic mass is 9.91. The Morgan fingerprint density at radius 2 is 1.97 bits per heavy atom. The van der Waals surface area contributed by atoms with Gasteiger partial charge in [-0.2, -0.15) is 0 Å². The Hall–Kier alpha value is -2.81. The number of amides is 1. The SMILES string of the molecule is CCC/C=C1\C(C(N)=O)=CC(NOC)=C(N2CCC(CO)(OC)CC2)N1c1ccccc1C. The minimum Gasteiger partial charge on any atom is -0.393 e. The van der Waals surface area contributed by atoms with Crippen LogP contribution in [0, 0.1) is 6.92 Å². The van der Waals surface area contributed by atoms with Crippen molar-refractivity contribution in [2.45, 2.75) is 45.1 Å². The van der Waals surface area contributed by atoms with Gasteiger partial charge in [0.2, 0.25) is 0 Å². The highest BCUT2D eigenvalue weighted by Gasteiger charge is 2.39. The largest absolute Gasteiger partial charge is 0.393 e. The van der Waals surface area contributed by atoms with E-state index in [4.69, 9.17) is 15.3 Å². The van der Waals surface area contributed by atoms with E-state index in [1.54, 1.807) is 20.3 Å². The van der Waals surface area contributed by atoms with E-state index in [0.717, 1.165) is 35.6 Å². The Kier molecular flexibility index (Phi) is 8.18. The lowest BCUT2D eigenvalue weighted by molar-refractivity contribution is -0.114. The van der Waals surface area contributed by atoms with Gasteiger partial charge in [0, 0.05) is 20.2 Å². The van der Waals surface area contributed by atoms with Crippen LogP contribution in [0.3, 0.4) is 0 Å². The first-order valence-electron chi connectivity index (χ1n) is 11.4. The average molecular weight is 457 g/mol. The molecule has 1 saturated heterocycles. The zero-order valence-electron chi connectivity index (χ0n) is 20.1. The molecule has 0 radical (unpaired) electrons. The normalized spacial score (nSPS) is 19.7.